The van der Waals surface area contributed by atoms with Gasteiger partial charge in [0.15, 0.2) is 0 Å². The van der Waals surface area contributed by atoms with Crippen LogP contribution in [0, 0.1) is 0 Å². The van der Waals surface area contributed by atoms with Crippen molar-refractivity contribution in [3.63, 3.8) is 0 Å². The van der Waals surface area contributed by atoms with Crippen LogP contribution in [-0.4, -0.2) is 12.1 Å². The van der Waals surface area contributed by atoms with E-state index >= 15 is 0 Å². The maximum atomic E-state index is 5.77. The van der Waals surface area contributed by atoms with Crippen LogP contribution >= 0.6 is 0 Å². The molecule has 1 aromatic rings. The highest BCUT2D eigenvalue weighted by Crippen LogP contribution is 2.21. The summed E-state index contributed by atoms with van der Waals surface area (Å²) in [6, 6.07) is 4.13. The molecule has 1 aromatic heterocycles. The van der Waals surface area contributed by atoms with Crippen molar-refractivity contribution in [3.05, 3.63) is 24.2 Å². The Morgan fingerprint density at radius 1 is 1.54 bits per heavy atom. The molecule has 0 saturated heterocycles. The summed E-state index contributed by atoms with van der Waals surface area (Å²) in [7, 11) is 0. The Labute approximate surface area is 77.9 Å². The number of nitrogens with two attached hydrogens (primary N) is 1. The summed E-state index contributed by atoms with van der Waals surface area (Å²) >= 11 is 0. The molecule has 2 unspecified atom stereocenters. The second-order valence-electron chi connectivity index (χ2n) is 3.59. The quantitative estimate of drug-likeness (QED) is 0.771. The van der Waals surface area contributed by atoms with Gasteiger partial charge in [-0.2, -0.15) is 0 Å². The Bertz CT molecular complexity index is 245. The van der Waals surface area contributed by atoms with Crippen LogP contribution in [0.3, 0.4) is 0 Å². The van der Waals surface area contributed by atoms with E-state index in [4.69, 9.17) is 14.9 Å². The summed E-state index contributed by atoms with van der Waals surface area (Å²) in [4.78, 5) is 0. The molecule has 0 radical (unpaired) electrons. The minimum atomic E-state index is 0.333. The van der Waals surface area contributed by atoms with Gasteiger partial charge < -0.3 is 14.9 Å². The van der Waals surface area contributed by atoms with Crippen molar-refractivity contribution < 1.29 is 9.15 Å². The molecule has 3 nitrogen and oxygen atoms in total. The first kappa shape index (κ1) is 8.78. The molecule has 3 heteroatoms. The summed E-state index contributed by atoms with van der Waals surface area (Å²) in [5, 5.41) is 0. The largest absolute Gasteiger partial charge is 0.467 e. The van der Waals surface area contributed by atoms with Crippen molar-refractivity contribution in [1.29, 1.82) is 0 Å². The fraction of sp³-hybridized carbons (Fsp3) is 0.600. The molecule has 1 fully saturated rings. The van der Waals surface area contributed by atoms with E-state index in [1.807, 2.05) is 12.1 Å². The first-order valence-electron chi connectivity index (χ1n) is 4.74. The van der Waals surface area contributed by atoms with Crippen LogP contribution in [0.5, 0.6) is 0 Å². The fourth-order valence-electron chi connectivity index (χ4n) is 1.72. The minimum Gasteiger partial charge on any atom is -0.467 e. The predicted molar refractivity (Wildman–Crippen MR) is 49.1 cm³/mol. The van der Waals surface area contributed by atoms with E-state index in [0.717, 1.165) is 25.0 Å². The van der Waals surface area contributed by atoms with Gasteiger partial charge in [-0.15, -0.1) is 0 Å². The third-order valence-electron chi connectivity index (χ3n) is 2.47. The van der Waals surface area contributed by atoms with E-state index in [-0.39, 0.29) is 0 Å². The van der Waals surface area contributed by atoms with Crippen molar-refractivity contribution >= 4 is 0 Å². The lowest BCUT2D eigenvalue weighted by Crippen LogP contribution is -2.17. The third kappa shape index (κ3) is 2.32. The molecule has 0 bridgehead atoms. The Hall–Kier alpha value is -0.800. The molecule has 1 aliphatic carbocycles. The topological polar surface area (TPSA) is 48.4 Å². The minimum absolute atomic E-state index is 0.333. The average Bonchev–Trinajstić information content (AvgIpc) is 2.71. The number of ether oxygens (including phenoxy) is 1. The number of hydrogen-bond donors (Lipinski definition) is 1. The molecule has 1 saturated carbocycles. The highest BCUT2D eigenvalue weighted by Gasteiger charge is 2.22. The summed E-state index contributed by atoms with van der Waals surface area (Å²) in [6.07, 6.45) is 5.16. The zero-order valence-electron chi connectivity index (χ0n) is 7.61. The van der Waals surface area contributed by atoms with Crippen molar-refractivity contribution in [2.24, 2.45) is 5.73 Å². The molecule has 1 aliphatic rings. The highest BCUT2D eigenvalue weighted by molar-refractivity contribution is 4.96. The molecule has 0 aliphatic heterocycles. The van der Waals surface area contributed by atoms with Gasteiger partial charge in [-0.25, -0.2) is 0 Å². The van der Waals surface area contributed by atoms with E-state index in [0.29, 0.717) is 18.8 Å². The van der Waals surface area contributed by atoms with Gasteiger partial charge in [0.1, 0.15) is 12.4 Å². The lowest BCUT2D eigenvalue weighted by atomic mass is 10.3. The molecule has 1 heterocycles. The van der Waals surface area contributed by atoms with Crippen LogP contribution in [0.1, 0.15) is 25.0 Å². The SMILES string of the molecule is NC1CCC(OCc2ccco2)C1. The maximum absolute atomic E-state index is 5.77. The number of rotatable bonds is 3. The number of furan rings is 1. The van der Waals surface area contributed by atoms with Gasteiger partial charge in [0.25, 0.3) is 0 Å². The standard InChI is InChI=1S/C10H15NO2/c11-8-3-4-9(6-8)13-7-10-2-1-5-12-10/h1-2,5,8-9H,3-4,6-7,11H2. The average molecular weight is 181 g/mol. The smallest absolute Gasteiger partial charge is 0.129 e. The van der Waals surface area contributed by atoms with Crippen LogP contribution in [-0.2, 0) is 11.3 Å². The van der Waals surface area contributed by atoms with E-state index in [1.165, 1.54) is 0 Å². The summed E-state index contributed by atoms with van der Waals surface area (Å²) < 4.78 is 10.8. The van der Waals surface area contributed by atoms with Crippen LogP contribution < -0.4 is 5.73 Å². The molecule has 0 amide bonds. The van der Waals surface area contributed by atoms with Crippen LogP contribution in [0.4, 0.5) is 0 Å². The maximum Gasteiger partial charge on any atom is 0.129 e. The van der Waals surface area contributed by atoms with Crippen molar-refractivity contribution in [3.8, 4) is 0 Å². The van der Waals surface area contributed by atoms with Crippen LogP contribution in [0.15, 0.2) is 22.8 Å². The molecular formula is C10H15NO2. The van der Waals surface area contributed by atoms with Gasteiger partial charge in [-0.05, 0) is 31.4 Å². The van der Waals surface area contributed by atoms with Gasteiger partial charge in [-0.3, -0.25) is 0 Å². The van der Waals surface area contributed by atoms with Gasteiger partial charge in [0.2, 0.25) is 0 Å². The second-order valence-corrected chi connectivity index (χ2v) is 3.59. The lowest BCUT2D eigenvalue weighted by Gasteiger charge is -2.09. The van der Waals surface area contributed by atoms with Gasteiger partial charge in [-0.1, -0.05) is 0 Å². The second kappa shape index (κ2) is 3.94. The fourth-order valence-corrected chi connectivity index (χ4v) is 1.72. The zero-order chi connectivity index (χ0) is 9.10. The summed E-state index contributed by atoms with van der Waals surface area (Å²) in [5.74, 6) is 0.889. The molecule has 0 aromatic carbocycles. The molecule has 0 spiro atoms. The molecule has 2 rings (SSSR count). The Balaban J connectivity index is 1.74. The Morgan fingerprint density at radius 3 is 3.08 bits per heavy atom. The summed E-state index contributed by atoms with van der Waals surface area (Å²) in [6.45, 7) is 0.574. The van der Waals surface area contributed by atoms with Crippen LogP contribution in [0.25, 0.3) is 0 Å². The first-order chi connectivity index (χ1) is 6.34. The van der Waals surface area contributed by atoms with Gasteiger partial charge in [0.05, 0.1) is 12.4 Å². The monoisotopic (exact) mass is 181 g/mol. The Kier molecular flexibility index (Phi) is 2.66. The van der Waals surface area contributed by atoms with E-state index in [1.54, 1.807) is 6.26 Å². The highest BCUT2D eigenvalue weighted by atomic mass is 16.5. The van der Waals surface area contributed by atoms with Gasteiger partial charge >= 0.3 is 0 Å². The molecule has 2 N–H and O–H groups in total. The molecular weight excluding hydrogens is 166 g/mol. The first-order valence-corrected chi connectivity index (χ1v) is 4.74. The van der Waals surface area contributed by atoms with Crippen molar-refractivity contribution in [2.45, 2.75) is 38.0 Å². The third-order valence-corrected chi connectivity index (χ3v) is 2.47. The van der Waals surface area contributed by atoms with E-state index < -0.39 is 0 Å². The lowest BCUT2D eigenvalue weighted by molar-refractivity contribution is 0.0350. The molecule has 72 valence electrons. The van der Waals surface area contributed by atoms with Crippen molar-refractivity contribution in [1.82, 2.24) is 0 Å². The van der Waals surface area contributed by atoms with E-state index in [9.17, 15) is 0 Å². The summed E-state index contributed by atoms with van der Waals surface area (Å²) in [5.41, 5.74) is 5.77. The predicted octanol–water partition coefficient (Wildman–Crippen LogP) is 1.68. The normalized spacial score (nSPS) is 28.1. The van der Waals surface area contributed by atoms with Crippen molar-refractivity contribution in [2.75, 3.05) is 0 Å². The van der Waals surface area contributed by atoms with E-state index in [2.05, 4.69) is 0 Å². The zero-order valence-corrected chi connectivity index (χ0v) is 7.61. The van der Waals surface area contributed by atoms with Crippen LogP contribution in [0.2, 0.25) is 0 Å². The van der Waals surface area contributed by atoms with Gasteiger partial charge in [0, 0.05) is 6.04 Å². The Morgan fingerprint density at radius 2 is 2.46 bits per heavy atom. The molecule has 13 heavy (non-hydrogen) atoms. The molecule has 2 atom stereocenters. The number of hydrogen-bond acceptors (Lipinski definition) is 3.